The Morgan fingerprint density at radius 2 is 1.80 bits per heavy atom. The van der Waals surface area contributed by atoms with Crippen molar-refractivity contribution in [2.75, 3.05) is 7.11 Å². The van der Waals surface area contributed by atoms with Gasteiger partial charge in [-0.3, -0.25) is 0 Å². The van der Waals surface area contributed by atoms with Crippen LogP contribution in [0.15, 0.2) is 54.6 Å². The summed E-state index contributed by atoms with van der Waals surface area (Å²) in [5, 5.41) is 17.9. The molecule has 3 nitrogen and oxygen atoms in total. The normalized spacial score (nSPS) is 17.0. The highest BCUT2D eigenvalue weighted by Gasteiger charge is 2.16. The van der Waals surface area contributed by atoms with Crippen molar-refractivity contribution in [3.05, 3.63) is 60.2 Å². The van der Waals surface area contributed by atoms with Crippen LogP contribution in [0, 0.1) is 34.5 Å². The Morgan fingerprint density at radius 3 is 2.40 bits per heavy atom. The molecule has 0 saturated carbocycles. The Hall–Kier alpha value is -2.78. The molecule has 0 amide bonds. The highest BCUT2D eigenvalue weighted by atomic mass is 16.5. The Morgan fingerprint density at radius 1 is 1.10 bits per heavy atom. The van der Waals surface area contributed by atoms with Gasteiger partial charge in [0.1, 0.15) is 11.7 Å². The minimum absolute atomic E-state index is 0.169. The zero-order valence-electron chi connectivity index (χ0n) is 11.2. The Kier molecular flexibility index (Phi) is 4.37. The van der Waals surface area contributed by atoms with Gasteiger partial charge >= 0.3 is 0 Å². The van der Waals surface area contributed by atoms with Crippen molar-refractivity contribution in [2.45, 2.75) is 0 Å². The lowest BCUT2D eigenvalue weighted by Crippen LogP contribution is -2.05. The molecule has 1 aliphatic carbocycles. The van der Waals surface area contributed by atoms with Crippen molar-refractivity contribution in [2.24, 2.45) is 11.8 Å². The summed E-state index contributed by atoms with van der Waals surface area (Å²) in [5.74, 6) is -0.00230. The van der Waals surface area contributed by atoms with Gasteiger partial charge in [0, 0.05) is 5.92 Å². The molecular weight excluding hydrogens is 248 g/mol. The van der Waals surface area contributed by atoms with Gasteiger partial charge in [-0.05, 0) is 23.3 Å². The van der Waals surface area contributed by atoms with Crippen LogP contribution in [0.2, 0.25) is 0 Å². The largest absolute Gasteiger partial charge is 0.497 e. The molecule has 2 rings (SSSR count). The van der Waals surface area contributed by atoms with Gasteiger partial charge in [0.25, 0.3) is 0 Å². The topological polar surface area (TPSA) is 56.8 Å². The minimum atomic E-state index is -0.647. The first kappa shape index (κ1) is 13.6. The maximum Gasteiger partial charge on any atom is 0.143 e. The number of hydrogen-bond donors (Lipinski definition) is 0. The zero-order valence-corrected chi connectivity index (χ0v) is 11.2. The van der Waals surface area contributed by atoms with E-state index in [1.807, 2.05) is 66.8 Å². The van der Waals surface area contributed by atoms with Crippen LogP contribution < -0.4 is 4.74 Å². The predicted octanol–water partition coefficient (Wildman–Crippen LogP) is 3.48. The molecule has 0 saturated heterocycles. The zero-order chi connectivity index (χ0) is 14.4. The number of rotatable bonds is 3. The SMILES string of the molecule is COc1ccc(C2=CC=CC(C(C#N)C#N)C=C2)cc1. The van der Waals surface area contributed by atoms with Gasteiger partial charge in [-0.1, -0.05) is 42.5 Å². The molecule has 3 heteroatoms. The fraction of sp³-hybridized carbons (Fsp3) is 0.176. The highest BCUT2D eigenvalue weighted by molar-refractivity contribution is 5.76. The van der Waals surface area contributed by atoms with Gasteiger partial charge in [0.15, 0.2) is 0 Å². The third kappa shape index (κ3) is 2.96. The van der Waals surface area contributed by atoms with Gasteiger partial charge in [0.05, 0.1) is 19.2 Å². The number of benzene rings is 1. The lowest BCUT2D eigenvalue weighted by molar-refractivity contribution is 0.415. The van der Waals surface area contributed by atoms with Gasteiger partial charge in [-0.15, -0.1) is 0 Å². The fourth-order valence-electron chi connectivity index (χ4n) is 2.02. The summed E-state index contributed by atoms with van der Waals surface area (Å²) in [7, 11) is 1.64. The summed E-state index contributed by atoms with van der Waals surface area (Å²) in [5.41, 5.74) is 2.11. The molecule has 1 unspecified atom stereocenters. The number of allylic oxidation sites excluding steroid dienone is 6. The molecule has 0 radical (unpaired) electrons. The maximum absolute atomic E-state index is 8.94. The van der Waals surface area contributed by atoms with Crippen molar-refractivity contribution >= 4 is 5.57 Å². The number of nitriles is 2. The third-order valence-electron chi connectivity index (χ3n) is 3.19. The van der Waals surface area contributed by atoms with E-state index in [2.05, 4.69) is 0 Å². The van der Waals surface area contributed by atoms with E-state index < -0.39 is 5.92 Å². The number of methoxy groups -OCH3 is 1. The molecule has 1 aromatic rings. The highest BCUT2D eigenvalue weighted by Crippen LogP contribution is 2.24. The first-order chi connectivity index (χ1) is 9.78. The molecule has 0 heterocycles. The lowest BCUT2D eigenvalue weighted by Gasteiger charge is -2.06. The van der Waals surface area contributed by atoms with E-state index in [1.54, 1.807) is 7.11 Å². The van der Waals surface area contributed by atoms with Crippen LogP contribution in [0.4, 0.5) is 0 Å². The molecule has 1 atom stereocenters. The summed E-state index contributed by atoms with van der Waals surface area (Å²) < 4.78 is 5.14. The first-order valence-corrected chi connectivity index (χ1v) is 6.29. The second-order valence-electron chi connectivity index (χ2n) is 4.41. The van der Waals surface area contributed by atoms with Crippen LogP contribution in [0.25, 0.3) is 5.57 Å². The summed E-state index contributed by atoms with van der Waals surface area (Å²) in [6, 6.07) is 11.8. The molecule has 1 aromatic carbocycles. The summed E-state index contributed by atoms with van der Waals surface area (Å²) in [6.45, 7) is 0. The van der Waals surface area contributed by atoms with E-state index in [1.165, 1.54) is 0 Å². The van der Waals surface area contributed by atoms with Crippen molar-refractivity contribution in [1.82, 2.24) is 0 Å². The van der Waals surface area contributed by atoms with Crippen LogP contribution in [-0.4, -0.2) is 7.11 Å². The molecule has 20 heavy (non-hydrogen) atoms. The first-order valence-electron chi connectivity index (χ1n) is 6.29. The summed E-state index contributed by atoms with van der Waals surface area (Å²) in [6.07, 6.45) is 9.60. The summed E-state index contributed by atoms with van der Waals surface area (Å²) in [4.78, 5) is 0. The van der Waals surface area contributed by atoms with Crippen LogP contribution in [-0.2, 0) is 0 Å². The second-order valence-corrected chi connectivity index (χ2v) is 4.41. The molecule has 98 valence electrons. The smallest absolute Gasteiger partial charge is 0.143 e. The van der Waals surface area contributed by atoms with Crippen LogP contribution >= 0.6 is 0 Å². The standard InChI is InChI=1S/C17H14N2O/c1-20-17-9-7-15(8-10-17)13-3-2-4-14(6-5-13)16(11-18)12-19/h2-10,14,16H,1H3. The molecule has 0 fully saturated rings. The van der Waals surface area contributed by atoms with E-state index in [0.717, 1.165) is 16.9 Å². The number of ether oxygens (including phenoxy) is 1. The molecule has 0 bridgehead atoms. The number of hydrogen-bond acceptors (Lipinski definition) is 3. The minimum Gasteiger partial charge on any atom is -0.497 e. The molecule has 0 spiro atoms. The lowest BCUT2D eigenvalue weighted by atomic mass is 9.94. The van der Waals surface area contributed by atoms with Crippen molar-refractivity contribution < 1.29 is 4.74 Å². The monoisotopic (exact) mass is 262 g/mol. The quantitative estimate of drug-likeness (QED) is 0.837. The van der Waals surface area contributed by atoms with E-state index in [9.17, 15) is 0 Å². The Labute approximate surface area is 118 Å². The van der Waals surface area contributed by atoms with Crippen molar-refractivity contribution in [3.63, 3.8) is 0 Å². The third-order valence-corrected chi connectivity index (χ3v) is 3.19. The molecule has 0 N–H and O–H groups in total. The van der Waals surface area contributed by atoms with E-state index in [4.69, 9.17) is 15.3 Å². The van der Waals surface area contributed by atoms with Crippen molar-refractivity contribution in [3.8, 4) is 17.9 Å². The van der Waals surface area contributed by atoms with E-state index in [-0.39, 0.29) is 5.92 Å². The molecule has 1 aliphatic rings. The van der Waals surface area contributed by atoms with Gasteiger partial charge < -0.3 is 4.74 Å². The fourth-order valence-corrected chi connectivity index (χ4v) is 2.02. The van der Waals surface area contributed by atoms with Crippen LogP contribution in [0.3, 0.4) is 0 Å². The maximum atomic E-state index is 8.94. The van der Waals surface area contributed by atoms with Crippen molar-refractivity contribution in [1.29, 1.82) is 10.5 Å². The molecule has 0 aromatic heterocycles. The van der Waals surface area contributed by atoms with E-state index >= 15 is 0 Å². The van der Waals surface area contributed by atoms with E-state index in [0.29, 0.717) is 0 Å². The predicted molar refractivity (Wildman–Crippen MR) is 77.5 cm³/mol. The number of nitrogens with zero attached hydrogens (tertiary/aromatic N) is 2. The average molecular weight is 262 g/mol. The van der Waals surface area contributed by atoms with Gasteiger partial charge in [-0.25, -0.2) is 0 Å². The Bertz CT molecular complexity index is 625. The molecular formula is C17H14N2O. The second kappa shape index (κ2) is 6.41. The van der Waals surface area contributed by atoms with Gasteiger partial charge in [0.2, 0.25) is 0 Å². The van der Waals surface area contributed by atoms with Gasteiger partial charge in [-0.2, -0.15) is 10.5 Å². The summed E-state index contributed by atoms with van der Waals surface area (Å²) >= 11 is 0. The van der Waals surface area contributed by atoms with Crippen LogP contribution in [0.5, 0.6) is 5.75 Å². The van der Waals surface area contributed by atoms with Crippen LogP contribution in [0.1, 0.15) is 5.56 Å². The average Bonchev–Trinajstić information content (AvgIpc) is 2.75. The molecule has 0 aliphatic heterocycles. The Balaban J connectivity index is 2.22.